The van der Waals surface area contributed by atoms with Gasteiger partial charge in [-0.2, -0.15) is 13.2 Å². The molecule has 20 heavy (non-hydrogen) atoms. The summed E-state index contributed by atoms with van der Waals surface area (Å²) in [4.78, 5) is 22.7. The molecule has 0 aliphatic rings. The van der Waals surface area contributed by atoms with Crippen molar-refractivity contribution >= 4 is 11.9 Å². The Bertz CT molecular complexity index is 502. The molecule has 0 spiro atoms. The van der Waals surface area contributed by atoms with Crippen molar-refractivity contribution in [3.63, 3.8) is 0 Å². The first-order valence-electron chi connectivity index (χ1n) is 5.46. The maximum atomic E-state index is 12.7. The van der Waals surface area contributed by atoms with Gasteiger partial charge in [0.25, 0.3) is 5.91 Å². The number of carbonyl (C=O) groups is 2. The second kappa shape index (κ2) is 6.27. The molecule has 0 aliphatic heterocycles. The number of halogens is 3. The number of aliphatic carboxylic acids is 1. The standard InChI is InChI=1S/C12H12F3NO4/c1-16(6-11(18)19)10(17)7-20-9-5-3-2-4-8(9)12(13,14)15/h2-5H,6-7H2,1H3,(H,18,19). The fraction of sp³-hybridized carbons (Fsp3) is 0.333. The van der Waals surface area contributed by atoms with Crippen LogP contribution in [0.2, 0.25) is 0 Å². The van der Waals surface area contributed by atoms with Crippen molar-refractivity contribution in [1.82, 2.24) is 4.90 Å². The van der Waals surface area contributed by atoms with Gasteiger partial charge in [-0.15, -0.1) is 0 Å². The Labute approximate surface area is 112 Å². The number of amides is 1. The zero-order valence-corrected chi connectivity index (χ0v) is 10.5. The molecule has 1 aromatic rings. The molecule has 0 fully saturated rings. The van der Waals surface area contributed by atoms with Gasteiger partial charge in [0, 0.05) is 7.05 Å². The van der Waals surface area contributed by atoms with E-state index in [0.717, 1.165) is 17.0 Å². The molecule has 0 atom stereocenters. The number of benzene rings is 1. The van der Waals surface area contributed by atoms with Crippen molar-refractivity contribution < 1.29 is 32.6 Å². The maximum absolute atomic E-state index is 12.7. The summed E-state index contributed by atoms with van der Waals surface area (Å²) >= 11 is 0. The van der Waals surface area contributed by atoms with Crippen LogP contribution in [0.3, 0.4) is 0 Å². The summed E-state index contributed by atoms with van der Waals surface area (Å²) in [6, 6.07) is 4.47. The monoisotopic (exact) mass is 291 g/mol. The van der Waals surface area contributed by atoms with Gasteiger partial charge in [0.15, 0.2) is 6.61 Å². The smallest absolute Gasteiger partial charge is 0.419 e. The zero-order chi connectivity index (χ0) is 15.3. The number of para-hydroxylation sites is 1. The molecule has 0 radical (unpaired) electrons. The van der Waals surface area contributed by atoms with Crippen molar-refractivity contribution in [3.8, 4) is 5.75 Å². The summed E-state index contributed by atoms with van der Waals surface area (Å²) in [6.07, 6.45) is -4.59. The Morgan fingerprint density at radius 1 is 1.30 bits per heavy atom. The van der Waals surface area contributed by atoms with Crippen molar-refractivity contribution in [1.29, 1.82) is 0 Å². The van der Waals surface area contributed by atoms with E-state index in [4.69, 9.17) is 9.84 Å². The van der Waals surface area contributed by atoms with Crippen LogP contribution in [0.15, 0.2) is 24.3 Å². The minimum atomic E-state index is -4.59. The Hall–Kier alpha value is -2.25. The highest BCUT2D eigenvalue weighted by molar-refractivity contribution is 5.82. The molecule has 0 heterocycles. The lowest BCUT2D eigenvalue weighted by Crippen LogP contribution is -2.35. The largest absolute Gasteiger partial charge is 0.483 e. The highest BCUT2D eigenvalue weighted by Gasteiger charge is 2.34. The Morgan fingerprint density at radius 2 is 1.90 bits per heavy atom. The number of likely N-dealkylation sites (N-methyl/N-ethyl adjacent to an activating group) is 1. The molecule has 1 N–H and O–H groups in total. The maximum Gasteiger partial charge on any atom is 0.419 e. The number of nitrogens with zero attached hydrogens (tertiary/aromatic N) is 1. The molecule has 0 aromatic heterocycles. The van der Waals surface area contributed by atoms with Crippen LogP contribution in [0.5, 0.6) is 5.75 Å². The van der Waals surface area contributed by atoms with Crippen molar-refractivity contribution in [2.75, 3.05) is 20.2 Å². The fourth-order valence-electron chi connectivity index (χ4n) is 1.37. The zero-order valence-electron chi connectivity index (χ0n) is 10.5. The lowest BCUT2D eigenvalue weighted by molar-refractivity contribution is -0.144. The number of rotatable bonds is 5. The van der Waals surface area contributed by atoms with Gasteiger partial charge >= 0.3 is 12.1 Å². The second-order valence-corrected chi connectivity index (χ2v) is 3.93. The number of carboxylic acid groups (broad SMARTS) is 1. The van der Waals surface area contributed by atoms with Gasteiger partial charge in [0.05, 0.1) is 5.56 Å². The minimum absolute atomic E-state index is 0.475. The lowest BCUT2D eigenvalue weighted by Gasteiger charge is -2.17. The van der Waals surface area contributed by atoms with Gasteiger partial charge < -0.3 is 14.7 Å². The molecule has 5 nitrogen and oxygen atoms in total. The number of hydrogen-bond acceptors (Lipinski definition) is 3. The van der Waals surface area contributed by atoms with Crippen LogP contribution < -0.4 is 4.74 Å². The highest BCUT2D eigenvalue weighted by Crippen LogP contribution is 2.35. The fourth-order valence-corrected chi connectivity index (χ4v) is 1.37. The quantitative estimate of drug-likeness (QED) is 0.895. The van der Waals surface area contributed by atoms with E-state index in [-0.39, 0.29) is 0 Å². The van der Waals surface area contributed by atoms with E-state index in [2.05, 4.69) is 0 Å². The van der Waals surface area contributed by atoms with Gasteiger partial charge in [0.2, 0.25) is 0 Å². The predicted octanol–water partition coefficient (Wildman–Crippen LogP) is 1.63. The average molecular weight is 291 g/mol. The second-order valence-electron chi connectivity index (χ2n) is 3.93. The molecule has 8 heteroatoms. The van der Waals surface area contributed by atoms with Crippen molar-refractivity contribution in [3.05, 3.63) is 29.8 Å². The molecule has 1 aromatic carbocycles. The third kappa shape index (κ3) is 4.45. The van der Waals surface area contributed by atoms with E-state index in [0.29, 0.717) is 0 Å². The van der Waals surface area contributed by atoms with E-state index in [1.807, 2.05) is 0 Å². The molecular formula is C12H12F3NO4. The molecule has 0 bridgehead atoms. The first kappa shape index (κ1) is 15.8. The summed E-state index contributed by atoms with van der Waals surface area (Å²) in [5.74, 6) is -2.43. The van der Waals surface area contributed by atoms with Crippen LogP contribution in [0.4, 0.5) is 13.2 Å². The normalized spacial score (nSPS) is 11.0. The molecule has 0 saturated carbocycles. The number of hydrogen-bond donors (Lipinski definition) is 1. The molecule has 110 valence electrons. The SMILES string of the molecule is CN(CC(=O)O)C(=O)COc1ccccc1C(F)(F)F. The first-order valence-corrected chi connectivity index (χ1v) is 5.46. The van der Waals surface area contributed by atoms with E-state index >= 15 is 0 Å². The lowest BCUT2D eigenvalue weighted by atomic mass is 10.2. The number of alkyl halides is 3. The summed E-state index contributed by atoms with van der Waals surface area (Å²) < 4.78 is 42.8. The van der Waals surface area contributed by atoms with E-state index < -0.39 is 42.5 Å². The van der Waals surface area contributed by atoms with Crippen LogP contribution in [-0.4, -0.2) is 42.1 Å². The van der Waals surface area contributed by atoms with Crippen LogP contribution in [0, 0.1) is 0 Å². The molecule has 0 aliphatic carbocycles. The van der Waals surface area contributed by atoms with Crippen LogP contribution in [0.1, 0.15) is 5.56 Å². The van der Waals surface area contributed by atoms with Gasteiger partial charge in [-0.05, 0) is 12.1 Å². The van der Waals surface area contributed by atoms with Gasteiger partial charge in [-0.3, -0.25) is 9.59 Å². The van der Waals surface area contributed by atoms with Gasteiger partial charge in [-0.1, -0.05) is 12.1 Å². The summed E-state index contributed by atoms with van der Waals surface area (Å²) in [6.45, 7) is -1.22. The molecule has 0 saturated heterocycles. The van der Waals surface area contributed by atoms with Crippen molar-refractivity contribution in [2.24, 2.45) is 0 Å². The third-order valence-corrected chi connectivity index (χ3v) is 2.34. The first-order chi connectivity index (χ1) is 9.21. The summed E-state index contributed by atoms with van der Waals surface area (Å²) in [7, 11) is 1.22. The Morgan fingerprint density at radius 3 is 2.45 bits per heavy atom. The van der Waals surface area contributed by atoms with E-state index in [9.17, 15) is 22.8 Å². The van der Waals surface area contributed by atoms with Crippen LogP contribution in [0.25, 0.3) is 0 Å². The van der Waals surface area contributed by atoms with Crippen LogP contribution >= 0.6 is 0 Å². The Kier molecular flexibility index (Phi) is 4.95. The number of carbonyl (C=O) groups excluding carboxylic acids is 1. The third-order valence-electron chi connectivity index (χ3n) is 2.34. The highest BCUT2D eigenvalue weighted by atomic mass is 19.4. The van der Waals surface area contributed by atoms with E-state index in [1.165, 1.54) is 19.2 Å². The summed E-state index contributed by atoms with van der Waals surface area (Å²) in [5.41, 5.74) is -0.992. The average Bonchev–Trinajstić information content (AvgIpc) is 2.34. The molecule has 0 unspecified atom stereocenters. The van der Waals surface area contributed by atoms with Gasteiger partial charge in [-0.25, -0.2) is 0 Å². The molecule has 1 amide bonds. The number of carboxylic acids is 1. The predicted molar refractivity (Wildman–Crippen MR) is 62.2 cm³/mol. The topological polar surface area (TPSA) is 66.8 Å². The Balaban J connectivity index is 2.71. The molecular weight excluding hydrogens is 279 g/mol. The van der Waals surface area contributed by atoms with Gasteiger partial charge in [0.1, 0.15) is 12.3 Å². The summed E-state index contributed by atoms with van der Waals surface area (Å²) in [5, 5.41) is 8.49. The van der Waals surface area contributed by atoms with E-state index in [1.54, 1.807) is 0 Å². The van der Waals surface area contributed by atoms with Crippen molar-refractivity contribution in [2.45, 2.75) is 6.18 Å². The number of ether oxygens (including phenoxy) is 1. The minimum Gasteiger partial charge on any atom is -0.483 e. The van der Waals surface area contributed by atoms with Crippen LogP contribution in [-0.2, 0) is 15.8 Å². The molecule has 1 rings (SSSR count).